The van der Waals surface area contributed by atoms with Gasteiger partial charge in [0.2, 0.25) is 0 Å². The number of benzene rings is 2. The summed E-state index contributed by atoms with van der Waals surface area (Å²) >= 11 is 1.24. The molecule has 1 aromatic heterocycles. The Hall–Kier alpha value is -3.14. The second-order valence-corrected chi connectivity index (χ2v) is 10.8. The molecule has 6 rings (SSSR count). The first kappa shape index (κ1) is 24.2. The molecule has 0 bridgehead atoms. The van der Waals surface area contributed by atoms with Gasteiger partial charge in [0.25, 0.3) is 0 Å². The summed E-state index contributed by atoms with van der Waals surface area (Å²) in [6.07, 6.45) is 7.83. The van der Waals surface area contributed by atoms with E-state index < -0.39 is 0 Å². The van der Waals surface area contributed by atoms with Gasteiger partial charge in [0, 0.05) is 49.3 Å². The van der Waals surface area contributed by atoms with Gasteiger partial charge in [-0.2, -0.15) is 13.8 Å². The molecule has 0 saturated carbocycles. The fraction of sp³-hybridized carbons (Fsp3) is 0.393. The highest BCUT2D eigenvalue weighted by atomic mass is 32.1. The maximum absolute atomic E-state index is 14.5. The second kappa shape index (κ2) is 10.3. The van der Waals surface area contributed by atoms with Gasteiger partial charge in [-0.05, 0) is 42.2 Å². The van der Waals surface area contributed by atoms with Crippen molar-refractivity contribution in [2.24, 2.45) is 16.9 Å². The summed E-state index contributed by atoms with van der Waals surface area (Å²) in [5, 5.41) is 8.44. The number of nitrogens with one attached hydrogen (secondary N) is 2. The van der Waals surface area contributed by atoms with Crippen molar-refractivity contribution in [2.75, 3.05) is 26.7 Å². The standard InChI is InChI=1S/C28H31FN6OS/c1-17-10-20(15-35(14-17)16-22-23(29)4-3-5-27(22)36-2)30-13-18-6-8-24-21(11-18)28(32-31-24)19-7-9-25-26(12-19)34-37-33-25/h3-9,11-12,17,20-21,24,30-31H,10,13-16H2,1-2H3/t17-,20+,21?,24?/m1/s1. The molecule has 3 aliphatic rings. The summed E-state index contributed by atoms with van der Waals surface area (Å²) < 4.78 is 28.7. The Morgan fingerprint density at radius 1 is 1.19 bits per heavy atom. The Bertz CT molecular complexity index is 1380. The lowest BCUT2D eigenvalue weighted by Crippen LogP contribution is -2.48. The predicted molar refractivity (Wildman–Crippen MR) is 145 cm³/mol. The first-order chi connectivity index (χ1) is 18.1. The van der Waals surface area contributed by atoms with Gasteiger partial charge in [-0.15, -0.1) is 0 Å². The summed E-state index contributed by atoms with van der Waals surface area (Å²) in [7, 11) is 1.60. The molecular weight excluding hydrogens is 487 g/mol. The third-order valence-electron chi connectivity index (χ3n) is 7.51. The minimum Gasteiger partial charge on any atom is -0.496 e. The van der Waals surface area contributed by atoms with Crippen LogP contribution < -0.4 is 15.5 Å². The molecule has 2 aromatic carbocycles. The minimum absolute atomic E-state index is 0.170. The van der Waals surface area contributed by atoms with Crippen LogP contribution in [0.4, 0.5) is 4.39 Å². The van der Waals surface area contributed by atoms with Crippen molar-refractivity contribution in [3.63, 3.8) is 0 Å². The zero-order valence-corrected chi connectivity index (χ0v) is 21.8. The van der Waals surface area contributed by atoms with Crippen LogP contribution in [0.3, 0.4) is 0 Å². The molecular formula is C28H31FN6OS. The smallest absolute Gasteiger partial charge is 0.131 e. The number of fused-ring (bicyclic) bond motifs is 2. The Morgan fingerprint density at radius 3 is 2.97 bits per heavy atom. The van der Waals surface area contributed by atoms with Crippen LogP contribution in [-0.2, 0) is 6.54 Å². The Kier molecular flexibility index (Phi) is 6.75. The molecule has 1 aliphatic carbocycles. The number of methoxy groups -OCH3 is 1. The zero-order chi connectivity index (χ0) is 25.4. The number of halogens is 1. The van der Waals surface area contributed by atoms with E-state index in [1.807, 2.05) is 12.1 Å². The molecule has 3 aromatic rings. The molecule has 4 atom stereocenters. The highest BCUT2D eigenvalue weighted by Gasteiger charge is 2.32. The van der Waals surface area contributed by atoms with Crippen LogP contribution in [0.5, 0.6) is 5.75 Å². The van der Waals surface area contributed by atoms with Gasteiger partial charge < -0.3 is 15.5 Å². The normalized spacial score (nSPS) is 25.5. The van der Waals surface area contributed by atoms with E-state index in [9.17, 15) is 4.39 Å². The molecule has 7 nitrogen and oxygen atoms in total. The SMILES string of the molecule is COc1cccc(F)c1CN1C[C@H](C)C[C@H](NCC2=CC3C(c4ccc5nsnc5c4)=NNC3C=C2)C1. The zero-order valence-electron chi connectivity index (χ0n) is 21.0. The van der Waals surface area contributed by atoms with E-state index in [2.05, 4.69) is 66.8 Å². The lowest BCUT2D eigenvalue weighted by Gasteiger charge is -2.37. The average Bonchev–Trinajstić information content (AvgIpc) is 3.54. The number of aromatic nitrogens is 2. The highest BCUT2D eigenvalue weighted by Crippen LogP contribution is 2.29. The van der Waals surface area contributed by atoms with Crippen LogP contribution in [0.1, 0.15) is 24.5 Å². The van der Waals surface area contributed by atoms with Gasteiger partial charge in [-0.3, -0.25) is 4.90 Å². The average molecular weight is 519 g/mol. The summed E-state index contributed by atoms with van der Waals surface area (Å²) in [4.78, 5) is 2.34. The van der Waals surface area contributed by atoms with Gasteiger partial charge >= 0.3 is 0 Å². The van der Waals surface area contributed by atoms with Crippen LogP contribution in [0.25, 0.3) is 11.0 Å². The highest BCUT2D eigenvalue weighted by molar-refractivity contribution is 7.00. The number of rotatable bonds is 7. The van der Waals surface area contributed by atoms with Crippen LogP contribution in [0.2, 0.25) is 0 Å². The Labute approximate surface area is 220 Å². The second-order valence-electron chi connectivity index (χ2n) is 10.3. The molecule has 0 amide bonds. The van der Waals surface area contributed by atoms with Crippen molar-refractivity contribution in [2.45, 2.75) is 32.0 Å². The van der Waals surface area contributed by atoms with Gasteiger partial charge in [-0.25, -0.2) is 4.39 Å². The molecule has 2 unspecified atom stereocenters. The Balaban J connectivity index is 1.11. The monoisotopic (exact) mass is 518 g/mol. The molecule has 0 radical (unpaired) electrons. The van der Waals surface area contributed by atoms with Crippen molar-refractivity contribution >= 4 is 28.5 Å². The summed E-state index contributed by atoms with van der Waals surface area (Å²) in [5.74, 6) is 1.11. The number of hydrogen-bond donors (Lipinski definition) is 2. The van der Waals surface area contributed by atoms with E-state index in [1.165, 1.54) is 23.4 Å². The van der Waals surface area contributed by atoms with Gasteiger partial charge in [0.15, 0.2) is 0 Å². The van der Waals surface area contributed by atoms with Crippen molar-refractivity contribution in [3.05, 3.63) is 77.1 Å². The number of piperidine rings is 1. The van der Waals surface area contributed by atoms with Crippen LogP contribution in [0.15, 0.2) is 65.3 Å². The van der Waals surface area contributed by atoms with E-state index in [0.717, 1.165) is 48.4 Å². The van der Waals surface area contributed by atoms with E-state index >= 15 is 0 Å². The molecule has 2 aliphatic heterocycles. The third kappa shape index (κ3) is 5.03. The number of hydrazone groups is 1. The molecule has 2 N–H and O–H groups in total. The van der Waals surface area contributed by atoms with Crippen LogP contribution in [-0.4, -0.2) is 58.2 Å². The van der Waals surface area contributed by atoms with E-state index in [1.54, 1.807) is 13.2 Å². The molecule has 1 fully saturated rings. The van der Waals surface area contributed by atoms with Crippen molar-refractivity contribution in [1.82, 2.24) is 24.4 Å². The maximum atomic E-state index is 14.5. The van der Waals surface area contributed by atoms with Crippen LogP contribution in [0, 0.1) is 17.7 Å². The number of likely N-dealkylation sites (tertiary alicyclic amines) is 1. The van der Waals surface area contributed by atoms with Crippen molar-refractivity contribution in [1.29, 1.82) is 0 Å². The number of ether oxygens (including phenoxy) is 1. The van der Waals surface area contributed by atoms with E-state index in [4.69, 9.17) is 4.74 Å². The van der Waals surface area contributed by atoms with E-state index in [0.29, 0.717) is 29.8 Å². The van der Waals surface area contributed by atoms with E-state index in [-0.39, 0.29) is 17.8 Å². The fourth-order valence-electron chi connectivity index (χ4n) is 5.75. The fourth-order valence-corrected chi connectivity index (χ4v) is 6.27. The van der Waals surface area contributed by atoms with Crippen molar-refractivity contribution < 1.29 is 9.13 Å². The summed E-state index contributed by atoms with van der Waals surface area (Å²) in [6.45, 7) is 5.43. The molecule has 192 valence electrons. The largest absolute Gasteiger partial charge is 0.496 e. The molecule has 0 spiro atoms. The first-order valence-corrected chi connectivity index (χ1v) is 13.5. The minimum atomic E-state index is -0.207. The number of hydrogen-bond acceptors (Lipinski definition) is 8. The summed E-state index contributed by atoms with van der Waals surface area (Å²) in [5.41, 5.74) is 9.13. The first-order valence-electron chi connectivity index (χ1n) is 12.8. The van der Waals surface area contributed by atoms with Gasteiger partial charge in [-0.1, -0.05) is 37.3 Å². The van der Waals surface area contributed by atoms with Crippen LogP contribution >= 0.6 is 11.7 Å². The van der Waals surface area contributed by atoms with Gasteiger partial charge in [0.1, 0.15) is 22.6 Å². The molecule has 37 heavy (non-hydrogen) atoms. The molecule has 1 saturated heterocycles. The maximum Gasteiger partial charge on any atom is 0.131 e. The topological polar surface area (TPSA) is 74.7 Å². The number of nitrogens with zero attached hydrogens (tertiary/aromatic N) is 4. The Morgan fingerprint density at radius 2 is 2.08 bits per heavy atom. The lowest BCUT2D eigenvalue weighted by atomic mass is 9.86. The summed E-state index contributed by atoms with van der Waals surface area (Å²) in [6, 6.07) is 11.7. The van der Waals surface area contributed by atoms with Gasteiger partial charge in [0.05, 0.1) is 30.6 Å². The third-order valence-corrected chi connectivity index (χ3v) is 8.06. The van der Waals surface area contributed by atoms with Crippen molar-refractivity contribution in [3.8, 4) is 5.75 Å². The quantitative estimate of drug-likeness (QED) is 0.490. The lowest BCUT2D eigenvalue weighted by molar-refractivity contribution is 0.141. The molecule has 3 heterocycles. The predicted octanol–water partition coefficient (Wildman–Crippen LogP) is 4.13. The molecule has 9 heteroatoms.